The van der Waals surface area contributed by atoms with Crippen molar-refractivity contribution in [1.29, 1.82) is 5.26 Å². The minimum Gasteiger partial charge on any atom is -0.382 e. The molecule has 1 aromatic carbocycles. The van der Waals surface area contributed by atoms with Crippen LogP contribution in [0.3, 0.4) is 0 Å². The van der Waals surface area contributed by atoms with Crippen LogP contribution in [0.4, 0.5) is 5.82 Å². The van der Waals surface area contributed by atoms with E-state index in [1.807, 2.05) is 30.3 Å². The van der Waals surface area contributed by atoms with Gasteiger partial charge in [0.15, 0.2) is 5.96 Å². The highest BCUT2D eigenvalue weighted by atomic mass is 15.3. The fourth-order valence-corrected chi connectivity index (χ4v) is 4.11. The van der Waals surface area contributed by atoms with E-state index in [0.717, 1.165) is 56.2 Å². The van der Waals surface area contributed by atoms with Gasteiger partial charge in [-0.25, -0.2) is 4.68 Å². The van der Waals surface area contributed by atoms with Crippen LogP contribution in [0.25, 0.3) is 5.69 Å². The fraction of sp³-hybridized carbons (Fsp3) is 0.542. The Kier molecular flexibility index (Phi) is 8.93. The third-order valence-electron chi connectivity index (χ3n) is 5.76. The molecule has 0 bridgehead atoms. The number of nitrogens with one attached hydrogen (secondary N) is 2. The maximum absolute atomic E-state index is 9.57. The smallest absolute Gasteiger partial charge is 0.191 e. The lowest BCUT2D eigenvalue weighted by molar-refractivity contribution is 0.206. The van der Waals surface area contributed by atoms with E-state index in [1.54, 1.807) is 4.68 Å². The molecule has 2 heterocycles. The molecule has 0 radical (unpaired) electrons. The maximum atomic E-state index is 9.57. The molecule has 0 aliphatic carbocycles. The number of nitriles is 1. The van der Waals surface area contributed by atoms with Gasteiger partial charge in [-0.2, -0.15) is 10.4 Å². The monoisotopic (exact) mass is 436 g/mol. The van der Waals surface area contributed by atoms with E-state index in [2.05, 4.69) is 40.5 Å². The number of nitrogens with zero attached hydrogens (tertiary/aromatic N) is 5. The molecule has 32 heavy (non-hydrogen) atoms. The van der Waals surface area contributed by atoms with E-state index in [9.17, 15) is 5.26 Å². The number of benzene rings is 1. The van der Waals surface area contributed by atoms with Crippen molar-refractivity contribution in [2.24, 2.45) is 4.99 Å². The number of guanidine groups is 1. The van der Waals surface area contributed by atoms with Crippen molar-refractivity contribution >= 4 is 11.8 Å². The molecule has 172 valence electrons. The van der Waals surface area contributed by atoms with Gasteiger partial charge < -0.3 is 21.3 Å². The molecule has 1 aromatic heterocycles. The number of para-hydroxylation sites is 1. The first-order valence-electron chi connectivity index (χ1n) is 11.8. The summed E-state index contributed by atoms with van der Waals surface area (Å²) in [5.74, 6) is 1.26. The molecule has 1 aliphatic heterocycles. The summed E-state index contributed by atoms with van der Waals surface area (Å²) in [4.78, 5) is 7.29. The standard InChI is InChI=1S/C24H36N8/c1-3-15-31-16-12-19(13-17-31)29-24(27-4-2)28-14-8-11-22-21(18-25)23(26)32(30-22)20-9-6-5-7-10-20/h5-7,9-10,19H,3-4,8,11-17,26H2,1-2H3,(H2,27,28,29). The highest BCUT2D eigenvalue weighted by Crippen LogP contribution is 2.21. The number of rotatable bonds is 9. The first-order valence-corrected chi connectivity index (χ1v) is 11.8. The van der Waals surface area contributed by atoms with Crippen LogP contribution in [0, 0.1) is 11.3 Å². The predicted molar refractivity (Wildman–Crippen MR) is 130 cm³/mol. The molecule has 0 saturated carbocycles. The van der Waals surface area contributed by atoms with Gasteiger partial charge in [0.05, 0.1) is 11.4 Å². The van der Waals surface area contributed by atoms with Crippen LogP contribution >= 0.6 is 0 Å². The SMILES string of the molecule is CCCN1CCC(NC(=NCCCc2nn(-c3ccccc3)c(N)c2C#N)NCC)CC1. The predicted octanol–water partition coefficient (Wildman–Crippen LogP) is 2.69. The molecular weight excluding hydrogens is 400 g/mol. The van der Waals surface area contributed by atoms with Crippen LogP contribution in [-0.2, 0) is 6.42 Å². The van der Waals surface area contributed by atoms with Gasteiger partial charge >= 0.3 is 0 Å². The number of aromatic nitrogens is 2. The van der Waals surface area contributed by atoms with Gasteiger partial charge in [0, 0.05) is 32.2 Å². The molecule has 0 amide bonds. The largest absolute Gasteiger partial charge is 0.382 e. The van der Waals surface area contributed by atoms with Crippen LogP contribution in [0.5, 0.6) is 0 Å². The number of anilines is 1. The normalized spacial score (nSPS) is 15.5. The quantitative estimate of drug-likeness (QED) is 0.317. The highest BCUT2D eigenvalue weighted by molar-refractivity contribution is 5.80. The summed E-state index contributed by atoms with van der Waals surface area (Å²) >= 11 is 0. The zero-order valence-electron chi connectivity index (χ0n) is 19.3. The molecular formula is C24H36N8. The fourth-order valence-electron chi connectivity index (χ4n) is 4.11. The molecule has 1 aliphatic rings. The Morgan fingerprint density at radius 1 is 1.25 bits per heavy atom. The first kappa shape index (κ1) is 23.6. The van der Waals surface area contributed by atoms with Gasteiger partial charge in [0.1, 0.15) is 17.5 Å². The summed E-state index contributed by atoms with van der Waals surface area (Å²) < 4.78 is 1.65. The van der Waals surface area contributed by atoms with E-state index in [1.165, 1.54) is 13.0 Å². The van der Waals surface area contributed by atoms with Crippen molar-refractivity contribution in [2.75, 3.05) is 38.5 Å². The van der Waals surface area contributed by atoms with Crippen LogP contribution in [0.1, 0.15) is 50.8 Å². The van der Waals surface area contributed by atoms with Crippen molar-refractivity contribution < 1.29 is 0 Å². The number of nitrogen functional groups attached to an aromatic ring is 1. The highest BCUT2D eigenvalue weighted by Gasteiger charge is 2.19. The minimum atomic E-state index is 0.390. The van der Waals surface area contributed by atoms with Crippen LogP contribution in [-0.4, -0.2) is 59.4 Å². The molecule has 0 atom stereocenters. The number of piperidine rings is 1. The van der Waals surface area contributed by atoms with Crippen molar-refractivity contribution in [3.05, 3.63) is 41.6 Å². The van der Waals surface area contributed by atoms with Crippen LogP contribution in [0.15, 0.2) is 35.3 Å². The van der Waals surface area contributed by atoms with Crippen molar-refractivity contribution in [1.82, 2.24) is 25.3 Å². The summed E-state index contributed by atoms with van der Waals surface area (Å²) in [7, 11) is 0. The average Bonchev–Trinajstić information content (AvgIpc) is 3.14. The Morgan fingerprint density at radius 2 is 2.00 bits per heavy atom. The van der Waals surface area contributed by atoms with Gasteiger partial charge in [0.2, 0.25) is 0 Å². The molecule has 8 nitrogen and oxygen atoms in total. The number of hydrogen-bond acceptors (Lipinski definition) is 5. The lowest BCUT2D eigenvalue weighted by atomic mass is 10.1. The van der Waals surface area contributed by atoms with Crippen LogP contribution < -0.4 is 16.4 Å². The average molecular weight is 437 g/mol. The Morgan fingerprint density at radius 3 is 2.66 bits per heavy atom. The first-order chi connectivity index (χ1) is 15.7. The van der Waals surface area contributed by atoms with Crippen LogP contribution in [0.2, 0.25) is 0 Å². The van der Waals surface area contributed by atoms with Gasteiger partial charge in [-0.05, 0) is 57.7 Å². The van der Waals surface area contributed by atoms with E-state index in [0.29, 0.717) is 30.4 Å². The summed E-state index contributed by atoms with van der Waals surface area (Å²) in [5.41, 5.74) is 8.24. The molecule has 8 heteroatoms. The Bertz CT molecular complexity index is 904. The van der Waals surface area contributed by atoms with Crippen molar-refractivity contribution in [2.45, 2.75) is 52.0 Å². The molecule has 0 spiro atoms. The van der Waals surface area contributed by atoms with Gasteiger partial charge in [-0.15, -0.1) is 0 Å². The molecule has 3 rings (SSSR count). The summed E-state index contributed by atoms with van der Waals surface area (Å²) in [5, 5.41) is 21.1. The number of aryl methyl sites for hydroxylation is 1. The maximum Gasteiger partial charge on any atom is 0.191 e. The second-order valence-corrected chi connectivity index (χ2v) is 8.19. The third kappa shape index (κ3) is 6.24. The van der Waals surface area contributed by atoms with Gasteiger partial charge in [-0.3, -0.25) is 4.99 Å². The van der Waals surface area contributed by atoms with Gasteiger partial charge in [0.25, 0.3) is 0 Å². The second-order valence-electron chi connectivity index (χ2n) is 8.19. The number of aliphatic imine (C=N–C) groups is 1. The Hall–Kier alpha value is -3.05. The number of nitrogens with two attached hydrogens (primary N) is 1. The Labute approximate surface area is 191 Å². The summed E-state index contributed by atoms with van der Waals surface area (Å²) in [6.07, 6.45) is 4.96. The van der Waals surface area contributed by atoms with Crippen molar-refractivity contribution in [3.63, 3.8) is 0 Å². The molecule has 1 fully saturated rings. The second kappa shape index (κ2) is 12.1. The summed E-state index contributed by atoms with van der Waals surface area (Å²) in [6, 6.07) is 12.3. The Balaban J connectivity index is 1.56. The van der Waals surface area contributed by atoms with E-state index in [4.69, 9.17) is 10.7 Å². The lowest BCUT2D eigenvalue weighted by Gasteiger charge is -2.32. The van der Waals surface area contributed by atoms with E-state index >= 15 is 0 Å². The van der Waals surface area contributed by atoms with Crippen molar-refractivity contribution in [3.8, 4) is 11.8 Å². The molecule has 1 saturated heterocycles. The van der Waals surface area contributed by atoms with Gasteiger partial charge in [-0.1, -0.05) is 25.1 Å². The zero-order chi connectivity index (χ0) is 22.8. The third-order valence-corrected chi connectivity index (χ3v) is 5.76. The number of hydrogen-bond donors (Lipinski definition) is 3. The molecule has 2 aromatic rings. The lowest BCUT2D eigenvalue weighted by Crippen LogP contribution is -2.48. The number of likely N-dealkylation sites (tertiary alicyclic amines) is 1. The molecule has 0 unspecified atom stereocenters. The zero-order valence-corrected chi connectivity index (χ0v) is 19.3. The molecule has 4 N–H and O–H groups in total. The minimum absolute atomic E-state index is 0.390. The van der Waals surface area contributed by atoms with E-state index in [-0.39, 0.29) is 0 Å². The topological polar surface area (TPSA) is 107 Å². The summed E-state index contributed by atoms with van der Waals surface area (Å²) in [6.45, 7) is 9.29. The van der Waals surface area contributed by atoms with E-state index < -0.39 is 0 Å².